The van der Waals surface area contributed by atoms with E-state index in [1.165, 1.54) is 12.8 Å². The third kappa shape index (κ3) is 15.5. The lowest BCUT2D eigenvalue weighted by molar-refractivity contribution is -0.121. The molecule has 0 radical (unpaired) electrons. The van der Waals surface area contributed by atoms with Crippen molar-refractivity contribution in [3.8, 4) is 0 Å². The second kappa shape index (κ2) is 11.1. The average Bonchev–Trinajstić information content (AvgIpc) is 2.30. The van der Waals surface area contributed by atoms with E-state index in [-0.39, 0.29) is 7.33 Å². The summed E-state index contributed by atoms with van der Waals surface area (Å²) in [6.07, 6.45) is 7.65. The van der Waals surface area contributed by atoms with Crippen LogP contribution in [-0.4, -0.2) is 25.2 Å². The van der Waals surface area contributed by atoms with Crippen LogP contribution < -0.4 is 5.32 Å². The van der Waals surface area contributed by atoms with Crippen molar-refractivity contribution in [3.63, 3.8) is 0 Å². The molecule has 0 unspecified atom stereocenters. The van der Waals surface area contributed by atoms with Crippen LogP contribution in [0.1, 0.15) is 81.0 Å². The lowest BCUT2D eigenvalue weighted by Gasteiger charge is -2.17. The topological polar surface area (TPSA) is 38.3 Å². The van der Waals surface area contributed by atoms with Crippen molar-refractivity contribution in [1.29, 1.82) is 0 Å². The Bertz CT molecular complexity index is 250. The number of hydrogen-bond donors (Lipinski definition) is 1. The van der Waals surface area contributed by atoms with Gasteiger partial charge in [0, 0.05) is 21.0 Å². The van der Waals surface area contributed by atoms with E-state index >= 15 is 0 Å². The quantitative estimate of drug-likeness (QED) is 0.566. The maximum atomic E-state index is 11.6. The molecule has 0 spiro atoms. The Balaban J connectivity index is 0. The van der Waals surface area contributed by atoms with E-state index in [1.807, 2.05) is 0 Å². The lowest BCUT2D eigenvalue weighted by atomic mass is 9.90. The summed E-state index contributed by atoms with van der Waals surface area (Å²) < 4.78 is 5.49. The molecule has 1 amide bonds. The highest BCUT2D eigenvalue weighted by atomic mass is 16.5. The molecule has 0 bridgehead atoms. The molecule has 1 N–H and O–H groups in total. The molecular weight excluding hydrogens is 250 g/mol. The van der Waals surface area contributed by atoms with Gasteiger partial charge in [-0.15, -0.1) is 0 Å². The van der Waals surface area contributed by atoms with Gasteiger partial charge in [0.1, 0.15) is 0 Å². The zero-order valence-electron chi connectivity index (χ0n) is 14.3. The molecule has 3 heteroatoms. The van der Waals surface area contributed by atoms with E-state index in [0.717, 1.165) is 38.8 Å². The molecule has 0 aromatic carbocycles. The fourth-order valence-electron chi connectivity index (χ4n) is 2.00. The van der Waals surface area contributed by atoms with Gasteiger partial charge in [-0.3, -0.25) is 4.79 Å². The van der Waals surface area contributed by atoms with E-state index in [9.17, 15) is 4.79 Å². The largest absolute Gasteiger partial charge is 0.379 e. The second-order valence-electron chi connectivity index (χ2n) is 7.10. The summed E-state index contributed by atoms with van der Waals surface area (Å²) in [5.41, 5.74) is 0.332. The smallest absolute Gasteiger partial charge is 0.219 e. The highest BCUT2D eigenvalue weighted by Crippen LogP contribution is 2.21. The Hall–Kier alpha value is -0.570. The van der Waals surface area contributed by atoms with Crippen LogP contribution in [0.5, 0.6) is 0 Å². The van der Waals surface area contributed by atoms with E-state index in [4.69, 9.17) is 4.74 Å². The van der Waals surface area contributed by atoms with Crippen LogP contribution in [-0.2, 0) is 9.53 Å². The van der Waals surface area contributed by atoms with Gasteiger partial charge in [0.25, 0.3) is 0 Å². The minimum absolute atomic E-state index is 0. The van der Waals surface area contributed by atoms with Gasteiger partial charge in [-0.1, -0.05) is 33.6 Å². The third-order valence-electron chi connectivity index (χ3n) is 3.18. The molecule has 0 fully saturated rings. The fraction of sp³-hybridized carbons (Fsp3) is 0.941. The minimum Gasteiger partial charge on any atom is -0.379 e. The van der Waals surface area contributed by atoms with Crippen molar-refractivity contribution < 1.29 is 11.0 Å². The molecule has 0 aromatic rings. The second-order valence-corrected chi connectivity index (χ2v) is 7.10. The van der Waals surface area contributed by atoms with Crippen molar-refractivity contribution >= 4 is 5.91 Å². The maximum absolute atomic E-state index is 11.6. The first-order chi connectivity index (χ1) is 9.31. The number of unbranched alkanes of at least 4 members (excludes halogenated alkanes) is 3. The van der Waals surface area contributed by atoms with Crippen LogP contribution in [0.25, 0.3) is 0 Å². The van der Waals surface area contributed by atoms with E-state index in [1.54, 1.807) is 0 Å². The van der Waals surface area contributed by atoms with Gasteiger partial charge < -0.3 is 10.1 Å². The Morgan fingerprint density at radius 3 is 2.35 bits per heavy atom. The van der Waals surface area contributed by atoms with Gasteiger partial charge in [-0.2, -0.15) is 0 Å². The zero-order valence-corrected chi connectivity index (χ0v) is 14.3. The number of carbonyl (C=O) groups is 1. The van der Waals surface area contributed by atoms with Gasteiger partial charge in [0.2, 0.25) is 5.91 Å². The van der Waals surface area contributed by atoms with Crippen molar-refractivity contribution in [1.82, 2.24) is 5.32 Å². The third-order valence-corrected chi connectivity index (χ3v) is 3.18. The Labute approximate surface area is 127 Å². The summed E-state index contributed by atoms with van der Waals surface area (Å²) in [5.74, 6) is 0.206. The Morgan fingerprint density at radius 1 is 1.10 bits per heavy atom. The molecule has 0 aromatic heterocycles. The zero-order chi connectivity index (χ0) is 15.4. The van der Waals surface area contributed by atoms with E-state index in [2.05, 4.69) is 39.9 Å². The minimum atomic E-state index is 0. The molecule has 0 aliphatic rings. The van der Waals surface area contributed by atoms with Crippen LogP contribution in [0, 0.1) is 5.41 Å². The van der Waals surface area contributed by atoms with Crippen LogP contribution in [0.15, 0.2) is 0 Å². The highest BCUT2D eigenvalue weighted by Gasteiger charge is 2.10. The molecule has 0 saturated heterocycles. The summed E-state index contributed by atoms with van der Waals surface area (Å²) in [6, 6.07) is 0. The molecule has 3 nitrogen and oxygen atoms in total. The van der Waals surface area contributed by atoms with Gasteiger partial charge in [0.15, 0.2) is 0 Å². The number of amides is 1. The first-order valence-corrected chi connectivity index (χ1v) is 8.19. The molecule has 0 heterocycles. The van der Waals surface area contributed by atoms with Gasteiger partial charge >= 0.3 is 0 Å². The molecule has 0 saturated carbocycles. The van der Waals surface area contributed by atoms with Gasteiger partial charge in [-0.05, 0) is 44.9 Å². The number of ether oxygens (including phenoxy) is 1. The van der Waals surface area contributed by atoms with Crippen molar-refractivity contribution in [3.05, 3.63) is 0 Å². The molecule has 20 heavy (non-hydrogen) atoms. The van der Waals surface area contributed by atoms with Crippen LogP contribution >= 0.6 is 0 Å². The highest BCUT2D eigenvalue weighted by molar-refractivity contribution is 5.75. The van der Waals surface area contributed by atoms with Crippen LogP contribution in [0.3, 0.4) is 0 Å². The predicted molar refractivity (Wildman–Crippen MR) is 88.0 cm³/mol. The summed E-state index contributed by atoms with van der Waals surface area (Å²) in [7, 11) is 0. The van der Waals surface area contributed by atoms with Crippen molar-refractivity contribution in [2.75, 3.05) is 13.2 Å². The van der Waals surface area contributed by atoms with Gasteiger partial charge in [0.05, 0.1) is 6.10 Å². The van der Waals surface area contributed by atoms with Gasteiger partial charge in [-0.25, -0.2) is 0 Å². The maximum Gasteiger partial charge on any atom is 0.219 e. The van der Waals surface area contributed by atoms with Crippen molar-refractivity contribution in [2.24, 2.45) is 5.41 Å². The molecular formula is C17H37NO2. The standard InChI is InChI=1S/C17H35NO2.H2/c1-15(2)20-14-9-7-6-8-13-18-16(19)11-10-12-17(3,4)5;/h15H,6-14H2,1-5H3,(H,18,19);1H. The normalized spacial score (nSPS) is 11.9. The molecule has 0 rings (SSSR count). The molecule has 0 atom stereocenters. The monoisotopic (exact) mass is 287 g/mol. The lowest BCUT2D eigenvalue weighted by Crippen LogP contribution is -2.24. The predicted octanol–water partition coefficient (Wildman–Crippen LogP) is 4.55. The van der Waals surface area contributed by atoms with Crippen molar-refractivity contribution in [2.45, 2.75) is 85.7 Å². The number of carbonyl (C=O) groups excluding carboxylic acids is 1. The van der Waals surface area contributed by atoms with Crippen LogP contribution in [0.2, 0.25) is 0 Å². The van der Waals surface area contributed by atoms with E-state index in [0.29, 0.717) is 17.9 Å². The number of rotatable bonds is 11. The first kappa shape index (κ1) is 19.4. The fourth-order valence-corrected chi connectivity index (χ4v) is 2.00. The average molecular weight is 287 g/mol. The number of hydrogen-bond acceptors (Lipinski definition) is 2. The first-order valence-electron chi connectivity index (χ1n) is 8.19. The summed E-state index contributed by atoms with van der Waals surface area (Å²) >= 11 is 0. The van der Waals surface area contributed by atoms with E-state index < -0.39 is 0 Å². The summed E-state index contributed by atoms with van der Waals surface area (Å²) in [6.45, 7) is 12.5. The molecule has 0 aliphatic carbocycles. The Morgan fingerprint density at radius 2 is 1.75 bits per heavy atom. The molecule has 122 valence electrons. The summed E-state index contributed by atoms with van der Waals surface area (Å²) in [5, 5.41) is 3.01. The summed E-state index contributed by atoms with van der Waals surface area (Å²) in [4.78, 5) is 11.6. The number of nitrogens with one attached hydrogen (secondary N) is 1. The molecule has 0 aliphatic heterocycles. The SMILES string of the molecule is CC(C)OCCCCCCNC(=O)CCCC(C)(C)C.[HH]. The Kier molecular flexibility index (Phi) is 10.8. The van der Waals surface area contributed by atoms with Crippen LogP contribution in [0.4, 0.5) is 0 Å².